The van der Waals surface area contributed by atoms with Crippen LogP contribution in [0.15, 0.2) is 0 Å². The molecule has 1 aliphatic carbocycles. The lowest BCUT2D eigenvalue weighted by Gasteiger charge is -2.31. The SMILES string of the molecule is CCC(O)CNC1CCCC(NC(=O)OC(C)(C)C)C1. The monoisotopic (exact) mass is 286 g/mol. The van der Waals surface area contributed by atoms with E-state index < -0.39 is 5.60 Å². The third-order valence-electron chi connectivity index (χ3n) is 3.51. The Morgan fingerprint density at radius 2 is 2.00 bits per heavy atom. The molecule has 1 fully saturated rings. The summed E-state index contributed by atoms with van der Waals surface area (Å²) in [7, 11) is 0. The number of hydrogen-bond acceptors (Lipinski definition) is 4. The van der Waals surface area contributed by atoms with E-state index in [1.54, 1.807) is 0 Å². The van der Waals surface area contributed by atoms with E-state index >= 15 is 0 Å². The summed E-state index contributed by atoms with van der Waals surface area (Å²) in [6, 6.07) is 0.528. The summed E-state index contributed by atoms with van der Waals surface area (Å²) in [5.74, 6) is 0. The molecule has 0 aromatic carbocycles. The molecule has 5 nitrogen and oxygen atoms in total. The summed E-state index contributed by atoms with van der Waals surface area (Å²) in [6.07, 6.45) is 4.22. The smallest absolute Gasteiger partial charge is 0.407 e. The van der Waals surface area contributed by atoms with E-state index in [0.717, 1.165) is 32.1 Å². The predicted octanol–water partition coefficient (Wildman–Crippen LogP) is 2.18. The highest BCUT2D eigenvalue weighted by atomic mass is 16.6. The predicted molar refractivity (Wildman–Crippen MR) is 79.7 cm³/mol. The second kappa shape index (κ2) is 7.84. The minimum Gasteiger partial charge on any atom is -0.444 e. The van der Waals surface area contributed by atoms with Gasteiger partial charge in [0, 0.05) is 18.6 Å². The van der Waals surface area contributed by atoms with Crippen LogP contribution in [0.4, 0.5) is 4.79 Å². The van der Waals surface area contributed by atoms with Crippen LogP contribution in [0, 0.1) is 0 Å². The van der Waals surface area contributed by atoms with Crippen molar-refractivity contribution in [3.8, 4) is 0 Å². The second-order valence-corrected chi connectivity index (χ2v) is 6.68. The third kappa shape index (κ3) is 7.10. The van der Waals surface area contributed by atoms with Crippen LogP contribution in [0.2, 0.25) is 0 Å². The fourth-order valence-corrected chi connectivity index (χ4v) is 2.43. The maximum atomic E-state index is 11.8. The molecule has 3 unspecified atom stereocenters. The fourth-order valence-electron chi connectivity index (χ4n) is 2.43. The number of hydrogen-bond donors (Lipinski definition) is 3. The van der Waals surface area contributed by atoms with Crippen molar-refractivity contribution in [1.29, 1.82) is 0 Å². The van der Waals surface area contributed by atoms with Gasteiger partial charge in [-0.25, -0.2) is 4.79 Å². The van der Waals surface area contributed by atoms with E-state index in [4.69, 9.17) is 4.74 Å². The number of carbonyl (C=O) groups is 1. The Labute approximate surface area is 122 Å². The summed E-state index contributed by atoms with van der Waals surface area (Å²) in [4.78, 5) is 11.8. The number of aliphatic hydroxyl groups excluding tert-OH is 1. The minimum atomic E-state index is -0.457. The highest BCUT2D eigenvalue weighted by Gasteiger charge is 2.25. The van der Waals surface area contributed by atoms with Gasteiger partial charge in [0.05, 0.1) is 6.10 Å². The van der Waals surface area contributed by atoms with E-state index in [0.29, 0.717) is 12.6 Å². The molecular formula is C15H30N2O3. The van der Waals surface area contributed by atoms with Crippen LogP contribution in [0.5, 0.6) is 0 Å². The van der Waals surface area contributed by atoms with Gasteiger partial charge in [0.1, 0.15) is 5.60 Å². The zero-order valence-corrected chi connectivity index (χ0v) is 13.2. The molecule has 0 spiro atoms. The lowest BCUT2D eigenvalue weighted by Crippen LogP contribution is -2.46. The first kappa shape index (κ1) is 17.2. The Bertz CT molecular complexity index is 302. The minimum absolute atomic E-state index is 0.162. The van der Waals surface area contributed by atoms with Crippen molar-refractivity contribution < 1.29 is 14.6 Å². The number of rotatable bonds is 5. The summed E-state index contributed by atoms with van der Waals surface area (Å²) in [6.45, 7) is 8.19. The topological polar surface area (TPSA) is 70.6 Å². The maximum Gasteiger partial charge on any atom is 0.407 e. The first-order chi connectivity index (χ1) is 9.30. The van der Waals surface area contributed by atoms with Crippen molar-refractivity contribution in [2.75, 3.05) is 6.54 Å². The Morgan fingerprint density at radius 3 is 2.60 bits per heavy atom. The molecular weight excluding hydrogens is 256 g/mol. The summed E-state index contributed by atoms with van der Waals surface area (Å²) in [5.41, 5.74) is -0.457. The number of ether oxygens (including phenoxy) is 1. The average molecular weight is 286 g/mol. The van der Waals surface area contributed by atoms with Crippen molar-refractivity contribution in [3.05, 3.63) is 0 Å². The lowest BCUT2D eigenvalue weighted by atomic mass is 9.91. The van der Waals surface area contributed by atoms with Gasteiger partial charge in [-0.2, -0.15) is 0 Å². The molecule has 0 bridgehead atoms. The molecule has 0 aromatic heterocycles. The average Bonchev–Trinajstić information content (AvgIpc) is 2.34. The molecule has 0 aromatic rings. The van der Waals surface area contributed by atoms with Crippen LogP contribution >= 0.6 is 0 Å². The number of alkyl carbamates (subject to hydrolysis) is 1. The Morgan fingerprint density at radius 1 is 1.35 bits per heavy atom. The molecule has 1 rings (SSSR count). The molecule has 0 aliphatic heterocycles. The number of carbonyl (C=O) groups excluding carboxylic acids is 1. The van der Waals surface area contributed by atoms with Gasteiger partial charge >= 0.3 is 6.09 Å². The molecule has 3 N–H and O–H groups in total. The Kier molecular flexibility index (Phi) is 6.76. The highest BCUT2D eigenvalue weighted by Crippen LogP contribution is 2.19. The van der Waals surface area contributed by atoms with Gasteiger partial charge in [0.2, 0.25) is 0 Å². The number of aliphatic hydroxyl groups is 1. The molecule has 1 saturated carbocycles. The van der Waals surface area contributed by atoms with Crippen molar-refractivity contribution in [1.82, 2.24) is 10.6 Å². The molecule has 5 heteroatoms. The normalized spacial score (nSPS) is 25.1. The van der Waals surface area contributed by atoms with Gasteiger partial charge in [-0.15, -0.1) is 0 Å². The zero-order valence-electron chi connectivity index (χ0n) is 13.2. The van der Waals surface area contributed by atoms with Crippen LogP contribution in [0.3, 0.4) is 0 Å². The quantitative estimate of drug-likeness (QED) is 0.724. The largest absolute Gasteiger partial charge is 0.444 e. The van der Waals surface area contributed by atoms with E-state index in [2.05, 4.69) is 10.6 Å². The van der Waals surface area contributed by atoms with Crippen molar-refractivity contribution in [2.45, 2.75) is 83.6 Å². The van der Waals surface area contributed by atoms with E-state index in [9.17, 15) is 9.90 Å². The number of amides is 1. The summed E-state index contributed by atoms with van der Waals surface area (Å²) < 4.78 is 5.28. The fraction of sp³-hybridized carbons (Fsp3) is 0.933. The molecule has 1 aliphatic rings. The van der Waals surface area contributed by atoms with Crippen LogP contribution in [0.25, 0.3) is 0 Å². The molecule has 1 amide bonds. The first-order valence-corrected chi connectivity index (χ1v) is 7.71. The lowest BCUT2D eigenvalue weighted by molar-refractivity contribution is 0.0487. The standard InChI is InChI=1S/C15H30N2O3/c1-5-13(18)10-16-11-7-6-8-12(9-11)17-14(19)20-15(2,3)4/h11-13,16,18H,5-10H2,1-4H3,(H,17,19). The maximum absolute atomic E-state index is 11.8. The van der Waals surface area contributed by atoms with Gasteiger partial charge in [-0.3, -0.25) is 0 Å². The molecule has 20 heavy (non-hydrogen) atoms. The van der Waals surface area contributed by atoms with Crippen LogP contribution in [0.1, 0.15) is 59.8 Å². The van der Waals surface area contributed by atoms with E-state index in [1.807, 2.05) is 27.7 Å². The first-order valence-electron chi connectivity index (χ1n) is 7.71. The van der Waals surface area contributed by atoms with Crippen LogP contribution < -0.4 is 10.6 Å². The van der Waals surface area contributed by atoms with E-state index in [1.165, 1.54) is 0 Å². The second-order valence-electron chi connectivity index (χ2n) is 6.68. The van der Waals surface area contributed by atoms with Crippen molar-refractivity contribution in [2.24, 2.45) is 0 Å². The van der Waals surface area contributed by atoms with E-state index in [-0.39, 0.29) is 18.2 Å². The van der Waals surface area contributed by atoms with Crippen molar-refractivity contribution in [3.63, 3.8) is 0 Å². The molecule has 0 heterocycles. The van der Waals surface area contributed by atoms with Gasteiger partial charge in [0.25, 0.3) is 0 Å². The Hall–Kier alpha value is -0.810. The molecule has 0 radical (unpaired) electrons. The summed E-state index contributed by atoms with van der Waals surface area (Å²) >= 11 is 0. The molecule has 0 saturated heterocycles. The van der Waals surface area contributed by atoms with Gasteiger partial charge in [-0.1, -0.05) is 6.92 Å². The van der Waals surface area contributed by atoms with Gasteiger partial charge < -0.3 is 20.5 Å². The molecule has 3 atom stereocenters. The zero-order chi connectivity index (χ0) is 15.2. The van der Waals surface area contributed by atoms with Crippen LogP contribution in [-0.4, -0.2) is 41.5 Å². The highest BCUT2D eigenvalue weighted by molar-refractivity contribution is 5.68. The van der Waals surface area contributed by atoms with Gasteiger partial charge in [-0.05, 0) is 52.9 Å². The van der Waals surface area contributed by atoms with Crippen molar-refractivity contribution >= 4 is 6.09 Å². The van der Waals surface area contributed by atoms with Crippen LogP contribution in [-0.2, 0) is 4.74 Å². The Balaban J connectivity index is 2.31. The summed E-state index contributed by atoms with van der Waals surface area (Å²) in [5, 5.41) is 15.9. The third-order valence-corrected chi connectivity index (χ3v) is 3.51. The van der Waals surface area contributed by atoms with Gasteiger partial charge in [0.15, 0.2) is 0 Å². The molecule has 118 valence electrons. The number of nitrogens with one attached hydrogen (secondary N) is 2.